The van der Waals surface area contributed by atoms with Crippen LogP contribution in [-0.2, 0) is 9.59 Å². The third kappa shape index (κ3) is 4.65. The number of primary amides is 1. The van der Waals surface area contributed by atoms with Crippen LogP contribution < -0.4 is 10.5 Å². The van der Waals surface area contributed by atoms with Gasteiger partial charge in [-0.15, -0.1) is 0 Å². The highest BCUT2D eigenvalue weighted by Crippen LogP contribution is 2.18. The molecule has 1 rings (SSSR count). The molecule has 0 unspecified atom stereocenters. The van der Waals surface area contributed by atoms with E-state index in [9.17, 15) is 9.59 Å². The molecule has 0 saturated carbocycles. The number of aromatic nitrogens is 1. The molecule has 0 spiro atoms. The molecule has 0 aliphatic heterocycles. The van der Waals surface area contributed by atoms with Gasteiger partial charge in [0.1, 0.15) is 11.4 Å². The van der Waals surface area contributed by atoms with Gasteiger partial charge in [0.2, 0.25) is 5.91 Å². The molecular weight excluding hydrogens is 236 g/mol. The van der Waals surface area contributed by atoms with Gasteiger partial charge in [-0.25, -0.2) is 9.78 Å². The van der Waals surface area contributed by atoms with Crippen LogP contribution in [0.25, 0.3) is 6.08 Å². The van der Waals surface area contributed by atoms with Crippen molar-refractivity contribution in [2.24, 2.45) is 5.73 Å². The molecule has 0 aromatic carbocycles. The molecular formula is C12H14N2O4. The van der Waals surface area contributed by atoms with Crippen LogP contribution in [0.3, 0.4) is 0 Å². The number of amides is 1. The molecule has 0 radical (unpaired) electrons. The summed E-state index contributed by atoms with van der Waals surface area (Å²) in [7, 11) is 0. The highest BCUT2D eigenvalue weighted by atomic mass is 16.5. The zero-order valence-corrected chi connectivity index (χ0v) is 9.92. The lowest BCUT2D eigenvalue weighted by Crippen LogP contribution is -2.15. The van der Waals surface area contributed by atoms with E-state index in [0.29, 0.717) is 11.4 Å². The van der Waals surface area contributed by atoms with E-state index in [0.717, 1.165) is 11.8 Å². The number of ether oxygens (including phenoxy) is 1. The first-order chi connectivity index (χ1) is 8.49. The Morgan fingerprint density at radius 3 is 2.83 bits per heavy atom. The quantitative estimate of drug-likeness (QED) is 0.725. The summed E-state index contributed by atoms with van der Waals surface area (Å²) in [5, 5.41) is 8.57. The van der Waals surface area contributed by atoms with E-state index in [1.807, 2.05) is 0 Å². The fourth-order valence-corrected chi connectivity index (χ4v) is 1.22. The zero-order valence-electron chi connectivity index (χ0n) is 9.92. The standard InChI is InChI=1S/C12H14N2O4/c1-8-2-4-10(18-7-6-11(13)15)9(14-8)3-5-12(16)17/h2-5H,6-7H2,1H3,(H2,13,15)(H,16,17)/b5-3+. The molecule has 0 aliphatic rings. The van der Waals surface area contributed by atoms with E-state index < -0.39 is 11.9 Å². The highest BCUT2D eigenvalue weighted by Gasteiger charge is 2.04. The fourth-order valence-electron chi connectivity index (χ4n) is 1.22. The Balaban J connectivity index is 2.82. The van der Waals surface area contributed by atoms with Crippen molar-refractivity contribution in [3.8, 4) is 5.75 Å². The van der Waals surface area contributed by atoms with Crippen LogP contribution >= 0.6 is 0 Å². The van der Waals surface area contributed by atoms with Crippen LogP contribution in [0.4, 0.5) is 0 Å². The minimum Gasteiger partial charge on any atom is -0.491 e. The molecule has 18 heavy (non-hydrogen) atoms. The number of hydrogen-bond donors (Lipinski definition) is 2. The largest absolute Gasteiger partial charge is 0.491 e. The number of carboxylic acid groups (broad SMARTS) is 1. The second kappa shape index (κ2) is 6.39. The van der Waals surface area contributed by atoms with Crippen molar-refractivity contribution in [2.75, 3.05) is 6.61 Å². The number of carboxylic acids is 1. The second-order valence-corrected chi connectivity index (χ2v) is 3.57. The fraction of sp³-hybridized carbons (Fsp3) is 0.250. The minimum atomic E-state index is -1.07. The number of pyridine rings is 1. The van der Waals surface area contributed by atoms with Gasteiger partial charge in [0, 0.05) is 11.8 Å². The number of rotatable bonds is 6. The van der Waals surface area contributed by atoms with Crippen LogP contribution in [0.2, 0.25) is 0 Å². The monoisotopic (exact) mass is 250 g/mol. The van der Waals surface area contributed by atoms with Crippen molar-refractivity contribution in [2.45, 2.75) is 13.3 Å². The molecule has 6 nitrogen and oxygen atoms in total. The SMILES string of the molecule is Cc1ccc(OCCC(N)=O)c(/C=C/C(=O)O)n1. The van der Waals surface area contributed by atoms with Crippen molar-refractivity contribution in [1.29, 1.82) is 0 Å². The molecule has 96 valence electrons. The summed E-state index contributed by atoms with van der Waals surface area (Å²) in [5.74, 6) is -1.11. The van der Waals surface area contributed by atoms with Crippen LogP contribution in [0.1, 0.15) is 17.8 Å². The Bertz CT molecular complexity index is 483. The van der Waals surface area contributed by atoms with Gasteiger partial charge in [0.25, 0.3) is 0 Å². The van der Waals surface area contributed by atoms with E-state index in [4.69, 9.17) is 15.6 Å². The zero-order chi connectivity index (χ0) is 13.5. The summed E-state index contributed by atoms with van der Waals surface area (Å²) in [6.07, 6.45) is 2.41. The maximum Gasteiger partial charge on any atom is 0.328 e. The smallest absolute Gasteiger partial charge is 0.328 e. The van der Waals surface area contributed by atoms with E-state index >= 15 is 0 Å². The van der Waals surface area contributed by atoms with Crippen molar-refractivity contribution in [3.05, 3.63) is 29.6 Å². The Morgan fingerprint density at radius 2 is 2.22 bits per heavy atom. The highest BCUT2D eigenvalue weighted by molar-refractivity contribution is 5.85. The molecule has 6 heteroatoms. The Hall–Kier alpha value is -2.37. The van der Waals surface area contributed by atoms with Gasteiger partial charge < -0.3 is 15.6 Å². The van der Waals surface area contributed by atoms with Gasteiger partial charge in [-0.1, -0.05) is 0 Å². The number of aryl methyl sites for hydroxylation is 1. The normalized spacial score (nSPS) is 10.5. The van der Waals surface area contributed by atoms with E-state index in [1.165, 1.54) is 6.08 Å². The van der Waals surface area contributed by atoms with E-state index in [2.05, 4.69) is 4.98 Å². The van der Waals surface area contributed by atoms with Crippen molar-refractivity contribution < 1.29 is 19.4 Å². The first-order valence-electron chi connectivity index (χ1n) is 5.29. The summed E-state index contributed by atoms with van der Waals surface area (Å²) in [5.41, 5.74) is 6.13. The number of carbonyl (C=O) groups is 2. The van der Waals surface area contributed by atoms with Crippen LogP contribution in [0.5, 0.6) is 5.75 Å². The summed E-state index contributed by atoms with van der Waals surface area (Å²) >= 11 is 0. The summed E-state index contributed by atoms with van der Waals surface area (Å²) < 4.78 is 5.33. The van der Waals surface area contributed by atoms with Gasteiger partial charge in [0.15, 0.2) is 0 Å². The molecule has 1 heterocycles. The van der Waals surface area contributed by atoms with Crippen LogP contribution in [0.15, 0.2) is 18.2 Å². The average molecular weight is 250 g/mol. The van der Waals surface area contributed by atoms with E-state index in [1.54, 1.807) is 19.1 Å². The first-order valence-corrected chi connectivity index (χ1v) is 5.29. The lowest BCUT2D eigenvalue weighted by Gasteiger charge is -2.08. The van der Waals surface area contributed by atoms with Crippen molar-refractivity contribution in [1.82, 2.24) is 4.98 Å². The first kappa shape index (κ1) is 13.7. The Kier molecular flexibility index (Phi) is 4.86. The minimum absolute atomic E-state index is 0.0932. The molecule has 3 N–H and O–H groups in total. The maximum absolute atomic E-state index is 10.6. The van der Waals surface area contributed by atoms with E-state index in [-0.39, 0.29) is 13.0 Å². The number of nitrogens with zero attached hydrogens (tertiary/aromatic N) is 1. The lowest BCUT2D eigenvalue weighted by molar-refractivity contribution is -0.131. The summed E-state index contributed by atoms with van der Waals surface area (Å²) in [6.45, 7) is 1.92. The molecule has 1 aromatic rings. The van der Waals surface area contributed by atoms with Crippen LogP contribution in [0, 0.1) is 6.92 Å². The van der Waals surface area contributed by atoms with Crippen LogP contribution in [-0.4, -0.2) is 28.6 Å². The number of aliphatic carboxylic acids is 1. The Morgan fingerprint density at radius 1 is 1.50 bits per heavy atom. The van der Waals surface area contributed by atoms with Crippen molar-refractivity contribution >= 4 is 18.0 Å². The summed E-state index contributed by atoms with van der Waals surface area (Å²) in [6, 6.07) is 3.41. The van der Waals surface area contributed by atoms with Gasteiger partial charge >= 0.3 is 5.97 Å². The van der Waals surface area contributed by atoms with Crippen molar-refractivity contribution in [3.63, 3.8) is 0 Å². The molecule has 1 aromatic heterocycles. The number of nitrogens with two attached hydrogens (primary N) is 1. The second-order valence-electron chi connectivity index (χ2n) is 3.57. The van der Waals surface area contributed by atoms with Gasteiger partial charge in [-0.3, -0.25) is 4.79 Å². The lowest BCUT2D eigenvalue weighted by atomic mass is 10.2. The van der Waals surface area contributed by atoms with Gasteiger partial charge in [-0.05, 0) is 25.1 Å². The molecule has 0 saturated heterocycles. The summed E-state index contributed by atoms with van der Waals surface area (Å²) in [4.78, 5) is 25.2. The third-order valence-electron chi connectivity index (χ3n) is 2.01. The predicted octanol–water partition coefficient (Wildman–Crippen LogP) is 0.742. The number of hydrogen-bond acceptors (Lipinski definition) is 4. The Labute approximate surface area is 104 Å². The molecule has 0 fully saturated rings. The molecule has 1 amide bonds. The maximum atomic E-state index is 10.6. The van der Waals surface area contributed by atoms with Gasteiger partial charge in [0.05, 0.1) is 13.0 Å². The molecule has 0 bridgehead atoms. The predicted molar refractivity (Wildman–Crippen MR) is 65.0 cm³/mol. The average Bonchev–Trinajstić information content (AvgIpc) is 2.28. The third-order valence-corrected chi connectivity index (χ3v) is 2.01. The number of carbonyl (C=O) groups excluding carboxylic acids is 1. The molecule has 0 atom stereocenters. The molecule has 0 aliphatic carbocycles. The van der Waals surface area contributed by atoms with Gasteiger partial charge in [-0.2, -0.15) is 0 Å². The topological polar surface area (TPSA) is 103 Å².